The Morgan fingerprint density at radius 3 is 2.61 bits per heavy atom. The summed E-state index contributed by atoms with van der Waals surface area (Å²) < 4.78 is 0. The highest BCUT2D eigenvalue weighted by molar-refractivity contribution is 5.86. The van der Waals surface area contributed by atoms with Crippen molar-refractivity contribution in [3.05, 3.63) is 35.4 Å². The van der Waals surface area contributed by atoms with Gasteiger partial charge in [-0.3, -0.25) is 4.79 Å². The Morgan fingerprint density at radius 1 is 1.39 bits per heavy atom. The van der Waals surface area contributed by atoms with Crippen molar-refractivity contribution in [3.8, 4) is 0 Å². The molecule has 2 unspecified atom stereocenters. The summed E-state index contributed by atoms with van der Waals surface area (Å²) in [5.41, 5.74) is 2.00. The molecular weight excluding hydrogens is 224 g/mol. The molecular formula is C15H22N2O. The fraction of sp³-hybridized carbons (Fsp3) is 0.533. The Balaban J connectivity index is 2.00. The maximum atomic E-state index is 12.2. The first kappa shape index (κ1) is 13.1. The van der Waals surface area contributed by atoms with E-state index in [2.05, 4.69) is 41.8 Å². The van der Waals surface area contributed by atoms with Gasteiger partial charge in [-0.25, -0.2) is 0 Å². The molecule has 2 N–H and O–H groups in total. The molecule has 1 aromatic carbocycles. The van der Waals surface area contributed by atoms with E-state index in [-0.39, 0.29) is 17.5 Å². The van der Waals surface area contributed by atoms with Crippen LogP contribution in [0.4, 0.5) is 0 Å². The summed E-state index contributed by atoms with van der Waals surface area (Å²) in [4.78, 5) is 12.2. The first-order valence-corrected chi connectivity index (χ1v) is 6.64. The summed E-state index contributed by atoms with van der Waals surface area (Å²) >= 11 is 0. The van der Waals surface area contributed by atoms with E-state index in [1.807, 2.05) is 13.8 Å². The fourth-order valence-electron chi connectivity index (χ4n) is 2.38. The van der Waals surface area contributed by atoms with Crippen LogP contribution in [-0.2, 0) is 4.79 Å². The molecule has 1 aliphatic rings. The first-order chi connectivity index (χ1) is 8.51. The minimum Gasteiger partial charge on any atom is -0.348 e. The quantitative estimate of drug-likeness (QED) is 0.859. The van der Waals surface area contributed by atoms with E-state index in [1.165, 1.54) is 5.56 Å². The summed E-state index contributed by atoms with van der Waals surface area (Å²) in [6.45, 7) is 7.01. The molecule has 0 aromatic heterocycles. The van der Waals surface area contributed by atoms with Gasteiger partial charge in [-0.05, 0) is 45.7 Å². The second kappa shape index (κ2) is 5.11. The van der Waals surface area contributed by atoms with Crippen LogP contribution in [0.1, 0.15) is 43.9 Å². The van der Waals surface area contributed by atoms with Gasteiger partial charge in [0, 0.05) is 0 Å². The minimum absolute atomic E-state index is 0.0531. The molecule has 1 saturated heterocycles. The van der Waals surface area contributed by atoms with Crippen molar-refractivity contribution in [3.63, 3.8) is 0 Å². The van der Waals surface area contributed by atoms with Crippen LogP contribution in [0.25, 0.3) is 0 Å². The van der Waals surface area contributed by atoms with Crippen LogP contribution in [0.3, 0.4) is 0 Å². The van der Waals surface area contributed by atoms with Gasteiger partial charge in [0.1, 0.15) is 0 Å². The highest BCUT2D eigenvalue weighted by Crippen LogP contribution is 2.21. The Hall–Kier alpha value is -1.35. The molecule has 0 bridgehead atoms. The van der Waals surface area contributed by atoms with Gasteiger partial charge in [-0.15, -0.1) is 0 Å². The number of aryl methyl sites for hydroxylation is 1. The molecule has 1 heterocycles. The van der Waals surface area contributed by atoms with E-state index in [9.17, 15) is 4.79 Å². The minimum atomic E-state index is -0.390. The van der Waals surface area contributed by atoms with Crippen molar-refractivity contribution in [1.82, 2.24) is 10.6 Å². The van der Waals surface area contributed by atoms with Crippen LogP contribution < -0.4 is 10.6 Å². The predicted octanol–water partition coefficient (Wildman–Crippen LogP) is 2.31. The molecule has 0 spiro atoms. The third-order valence-electron chi connectivity index (χ3n) is 3.79. The largest absolute Gasteiger partial charge is 0.348 e. The second-order valence-corrected chi connectivity index (χ2v) is 5.47. The number of rotatable bonds is 3. The van der Waals surface area contributed by atoms with Crippen LogP contribution in [0, 0.1) is 6.92 Å². The van der Waals surface area contributed by atoms with E-state index in [0.29, 0.717) is 0 Å². The molecule has 2 atom stereocenters. The van der Waals surface area contributed by atoms with E-state index < -0.39 is 0 Å². The van der Waals surface area contributed by atoms with Gasteiger partial charge in [-0.1, -0.05) is 29.8 Å². The van der Waals surface area contributed by atoms with Gasteiger partial charge >= 0.3 is 0 Å². The normalized spacial score (nSPS) is 24.8. The lowest BCUT2D eigenvalue weighted by Gasteiger charge is -2.26. The van der Waals surface area contributed by atoms with Crippen molar-refractivity contribution < 1.29 is 4.79 Å². The number of carbonyl (C=O) groups excluding carboxylic acids is 1. The molecule has 2 rings (SSSR count). The van der Waals surface area contributed by atoms with E-state index in [0.717, 1.165) is 24.9 Å². The molecule has 1 amide bonds. The Kier molecular flexibility index (Phi) is 3.71. The summed E-state index contributed by atoms with van der Waals surface area (Å²) in [6.07, 6.45) is 1.99. The molecule has 3 nitrogen and oxygen atoms in total. The molecule has 1 aliphatic heterocycles. The monoisotopic (exact) mass is 246 g/mol. The lowest BCUT2D eigenvalue weighted by molar-refractivity contribution is -0.127. The SMILES string of the molecule is Cc1ccc(C(C)NC(=O)C2(C)CCCN2)cc1. The van der Waals surface area contributed by atoms with E-state index in [1.54, 1.807) is 0 Å². The predicted molar refractivity (Wildman–Crippen MR) is 73.4 cm³/mol. The highest BCUT2D eigenvalue weighted by atomic mass is 16.2. The zero-order chi connectivity index (χ0) is 13.2. The average molecular weight is 246 g/mol. The molecule has 1 fully saturated rings. The standard InChI is InChI=1S/C15H22N2O/c1-11-5-7-13(8-6-11)12(2)17-14(18)15(3)9-4-10-16-15/h5-8,12,16H,4,9-10H2,1-3H3,(H,17,18). The number of carbonyl (C=O) groups is 1. The summed E-state index contributed by atoms with van der Waals surface area (Å²) in [5.74, 6) is 0.105. The Labute approximate surface area is 109 Å². The third-order valence-corrected chi connectivity index (χ3v) is 3.79. The lowest BCUT2D eigenvalue weighted by atomic mass is 9.98. The summed E-state index contributed by atoms with van der Waals surface area (Å²) in [5, 5.41) is 6.38. The topological polar surface area (TPSA) is 41.1 Å². The van der Waals surface area contributed by atoms with Crippen molar-refractivity contribution in [2.24, 2.45) is 0 Å². The Morgan fingerprint density at radius 2 is 2.06 bits per heavy atom. The molecule has 98 valence electrons. The van der Waals surface area contributed by atoms with Crippen molar-refractivity contribution in [1.29, 1.82) is 0 Å². The molecule has 3 heteroatoms. The lowest BCUT2D eigenvalue weighted by Crippen LogP contribution is -2.51. The Bertz CT molecular complexity index is 419. The first-order valence-electron chi connectivity index (χ1n) is 6.64. The zero-order valence-corrected chi connectivity index (χ0v) is 11.4. The van der Waals surface area contributed by atoms with Crippen molar-refractivity contribution in [2.45, 2.75) is 45.2 Å². The van der Waals surface area contributed by atoms with Gasteiger partial charge in [0.15, 0.2) is 0 Å². The van der Waals surface area contributed by atoms with E-state index in [4.69, 9.17) is 0 Å². The van der Waals surface area contributed by atoms with Crippen molar-refractivity contribution in [2.75, 3.05) is 6.54 Å². The smallest absolute Gasteiger partial charge is 0.240 e. The maximum absolute atomic E-state index is 12.2. The maximum Gasteiger partial charge on any atom is 0.240 e. The van der Waals surface area contributed by atoms with Crippen LogP contribution in [0.2, 0.25) is 0 Å². The molecule has 0 aliphatic carbocycles. The molecule has 18 heavy (non-hydrogen) atoms. The van der Waals surface area contributed by atoms with Crippen LogP contribution in [-0.4, -0.2) is 18.0 Å². The molecule has 0 radical (unpaired) electrons. The molecule has 1 aromatic rings. The van der Waals surface area contributed by atoms with Gasteiger partial charge in [0.25, 0.3) is 0 Å². The van der Waals surface area contributed by atoms with Gasteiger partial charge in [0.05, 0.1) is 11.6 Å². The number of hydrogen-bond donors (Lipinski definition) is 2. The van der Waals surface area contributed by atoms with Crippen molar-refractivity contribution >= 4 is 5.91 Å². The van der Waals surface area contributed by atoms with E-state index >= 15 is 0 Å². The third kappa shape index (κ3) is 2.72. The zero-order valence-electron chi connectivity index (χ0n) is 11.4. The summed E-state index contributed by atoms with van der Waals surface area (Å²) in [7, 11) is 0. The highest BCUT2D eigenvalue weighted by Gasteiger charge is 2.36. The molecule has 0 saturated carbocycles. The number of hydrogen-bond acceptors (Lipinski definition) is 2. The van der Waals surface area contributed by atoms with Gasteiger partial charge in [0.2, 0.25) is 5.91 Å². The van der Waals surface area contributed by atoms with Crippen LogP contribution in [0.15, 0.2) is 24.3 Å². The summed E-state index contributed by atoms with van der Waals surface area (Å²) in [6, 6.07) is 8.36. The van der Waals surface area contributed by atoms with Crippen LogP contribution >= 0.6 is 0 Å². The number of benzene rings is 1. The fourth-order valence-corrected chi connectivity index (χ4v) is 2.38. The van der Waals surface area contributed by atoms with Gasteiger partial charge < -0.3 is 10.6 Å². The average Bonchev–Trinajstić information content (AvgIpc) is 2.78. The number of nitrogens with one attached hydrogen (secondary N) is 2. The van der Waals surface area contributed by atoms with Crippen LogP contribution in [0.5, 0.6) is 0 Å². The van der Waals surface area contributed by atoms with Gasteiger partial charge in [-0.2, -0.15) is 0 Å². The second-order valence-electron chi connectivity index (χ2n) is 5.47. The number of amides is 1.